The summed E-state index contributed by atoms with van der Waals surface area (Å²) in [4.78, 5) is -1.57. The summed E-state index contributed by atoms with van der Waals surface area (Å²) in [5.74, 6) is 0. The van der Waals surface area contributed by atoms with Crippen molar-refractivity contribution in [1.29, 1.82) is 0 Å². The monoisotopic (exact) mass is 752 g/mol. The van der Waals surface area contributed by atoms with Gasteiger partial charge in [-0.15, -0.1) is 0 Å². The Morgan fingerprint density at radius 2 is 0.796 bits per heavy atom. The normalized spacial score (nSPS) is 13.0. The van der Waals surface area contributed by atoms with E-state index in [2.05, 4.69) is 0 Å². The van der Waals surface area contributed by atoms with E-state index in [4.69, 9.17) is 8.37 Å². The summed E-state index contributed by atoms with van der Waals surface area (Å²) in [7, 11) is -18.8. The highest BCUT2D eigenvalue weighted by Gasteiger charge is 2.39. The summed E-state index contributed by atoms with van der Waals surface area (Å²) in [6.07, 6.45) is -1.01. The first-order valence-corrected chi connectivity index (χ1v) is 20.4. The fourth-order valence-corrected chi connectivity index (χ4v) is 8.69. The minimum atomic E-state index is -4.87. The van der Waals surface area contributed by atoms with Crippen molar-refractivity contribution in [3.8, 4) is 0 Å². The Labute approximate surface area is 287 Å². The van der Waals surface area contributed by atoms with E-state index in [0.29, 0.717) is 11.1 Å². The molecular weight excluding hydrogens is 717 g/mol. The highest BCUT2D eigenvalue weighted by atomic mass is 32.2. The van der Waals surface area contributed by atoms with Gasteiger partial charge in [0, 0.05) is 5.41 Å². The average Bonchev–Trinajstić information content (AvgIpc) is 2.98. The van der Waals surface area contributed by atoms with Crippen LogP contribution in [0.3, 0.4) is 0 Å². The van der Waals surface area contributed by atoms with Crippen molar-refractivity contribution >= 4 is 40.5 Å². The molecule has 0 radical (unpaired) electrons. The van der Waals surface area contributed by atoms with Crippen LogP contribution in [0, 0.1) is 33.1 Å². The third kappa shape index (κ3) is 9.82. The molecule has 4 rings (SSSR count). The van der Waals surface area contributed by atoms with Crippen LogP contribution in [0.25, 0.3) is 0 Å². The van der Waals surface area contributed by atoms with E-state index in [1.165, 1.54) is 72.8 Å². The Kier molecular flexibility index (Phi) is 11.3. The van der Waals surface area contributed by atoms with Gasteiger partial charge in [0.2, 0.25) is 0 Å². The summed E-state index contributed by atoms with van der Waals surface area (Å²) in [5.41, 5.74) is 0.594. The van der Waals surface area contributed by atoms with Crippen LogP contribution >= 0.6 is 0 Å². The minimum Gasteiger partial charge on any atom is -0.282 e. The fraction of sp³-hybridized carbons (Fsp3) is 0.273. The lowest BCUT2D eigenvalue weighted by atomic mass is 9.77. The summed E-state index contributed by atoms with van der Waals surface area (Å²) in [5, 5.41) is 0. The van der Waals surface area contributed by atoms with Gasteiger partial charge in [-0.3, -0.25) is 17.5 Å². The molecule has 0 fully saturated rings. The fourth-order valence-electron chi connectivity index (χ4n) is 5.26. The van der Waals surface area contributed by atoms with Crippen molar-refractivity contribution in [3.63, 3.8) is 0 Å². The summed E-state index contributed by atoms with van der Waals surface area (Å²) in [6.45, 7) is 5.04. The van der Waals surface area contributed by atoms with E-state index in [1.807, 2.05) is 0 Å². The molecular formula is C33H36O12S4. The number of benzene rings is 4. The van der Waals surface area contributed by atoms with Crippen LogP contribution in [0.1, 0.15) is 33.4 Å². The Balaban J connectivity index is 1.95. The second-order valence-electron chi connectivity index (χ2n) is 12.1. The van der Waals surface area contributed by atoms with E-state index >= 15 is 0 Å². The number of aryl methyl sites for hydroxylation is 4. The van der Waals surface area contributed by atoms with Crippen molar-refractivity contribution in [2.75, 3.05) is 13.2 Å². The zero-order valence-electron chi connectivity index (χ0n) is 27.0. The van der Waals surface area contributed by atoms with Gasteiger partial charge < -0.3 is 0 Å². The molecule has 4 aromatic carbocycles. The molecule has 0 saturated carbocycles. The van der Waals surface area contributed by atoms with E-state index in [-0.39, 0.29) is 20.9 Å². The van der Waals surface area contributed by atoms with Gasteiger partial charge in [-0.25, -0.2) is 0 Å². The molecule has 0 aliphatic heterocycles. The zero-order valence-corrected chi connectivity index (χ0v) is 30.3. The lowest BCUT2D eigenvalue weighted by Crippen LogP contribution is -2.39. The first-order valence-electron chi connectivity index (χ1n) is 14.7. The van der Waals surface area contributed by atoms with Crippen molar-refractivity contribution in [1.82, 2.24) is 0 Å². The van der Waals surface area contributed by atoms with Gasteiger partial charge in [0.05, 0.1) is 32.8 Å². The molecule has 0 bridgehead atoms. The second-order valence-corrected chi connectivity index (χ2v) is 18.1. The molecule has 16 heteroatoms. The summed E-state index contributed by atoms with van der Waals surface area (Å²) >= 11 is 0. The smallest absolute Gasteiger partial charge is 0.282 e. The van der Waals surface area contributed by atoms with Gasteiger partial charge in [0.15, 0.2) is 0 Å². The molecule has 0 heterocycles. The molecule has 0 unspecified atom stereocenters. The zero-order chi connectivity index (χ0) is 36.4. The third-order valence-electron chi connectivity index (χ3n) is 7.78. The SMILES string of the molecule is Cc1ccc(S(=O)(=O)OCC(COS(=O)(=O)c2ccc(C)cc2)(Cc2cc(C)ccc2S(=O)(=O)O)Cc2cc(C)ccc2S(=O)(=O)O)cc1. The van der Waals surface area contributed by atoms with E-state index in [9.17, 15) is 42.8 Å². The molecule has 0 amide bonds. The van der Waals surface area contributed by atoms with E-state index in [0.717, 1.165) is 23.3 Å². The summed E-state index contributed by atoms with van der Waals surface area (Å²) in [6, 6.07) is 19.3. The van der Waals surface area contributed by atoms with Crippen molar-refractivity contribution in [3.05, 3.63) is 118 Å². The lowest BCUT2D eigenvalue weighted by molar-refractivity contribution is 0.0828. The molecule has 12 nitrogen and oxygen atoms in total. The number of rotatable bonds is 14. The lowest BCUT2D eigenvalue weighted by Gasteiger charge is -2.34. The predicted molar refractivity (Wildman–Crippen MR) is 180 cm³/mol. The number of hydrogen-bond acceptors (Lipinski definition) is 10. The first-order chi connectivity index (χ1) is 22.6. The molecule has 4 aromatic rings. The van der Waals surface area contributed by atoms with Gasteiger partial charge in [0.25, 0.3) is 40.5 Å². The van der Waals surface area contributed by atoms with Gasteiger partial charge in [-0.1, -0.05) is 70.8 Å². The maximum Gasteiger partial charge on any atom is 0.296 e. The Hall–Kier alpha value is -3.48. The summed E-state index contributed by atoms with van der Waals surface area (Å²) < 4.78 is 135. The molecule has 0 saturated heterocycles. The molecule has 49 heavy (non-hydrogen) atoms. The molecule has 0 spiro atoms. The van der Waals surface area contributed by atoms with Crippen LogP contribution in [0.5, 0.6) is 0 Å². The Bertz CT molecular complexity index is 2120. The molecule has 0 aliphatic rings. The second kappa shape index (κ2) is 14.4. The largest absolute Gasteiger partial charge is 0.296 e. The highest BCUT2D eigenvalue weighted by molar-refractivity contribution is 7.87. The average molecular weight is 753 g/mol. The van der Waals surface area contributed by atoms with Crippen molar-refractivity contribution < 1.29 is 51.1 Å². The Morgan fingerprint density at radius 3 is 1.10 bits per heavy atom. The quantitative estimate of drug-likeness (QED) is 0.130. The highest BCUT2D eigenvalue weighted by Crippen LogP contribution is 2.36. The standard InChI is InChI=1S/C33H36O12S4/c1-23-5-11-29(12-6-23)48(40,41)44-21-33(19-27-17-25(3)9-15-31(27)46(34,35)36,20-28-18-26(4)10-16-32(28)47(37,38)39)22-45-49(42,43)30-13-7-24(2)8-14-30/h5-18H,19-22H2,1-4H3,(H,34,35,36)(H,37,38,39). The van der Waals surface area contributed by atoms with Crippen LogP contribution in [-0.2, 0) is 61.7 Å². The molecule has 0 aliphatic carbocycles. The molecule has 264 valence electrons. The van der Waals surface area contributed by atoms with Crippen LogP contribution in [0.15, 0.2) is 105 Å². The van der Waals surface area contributed by atoms with Gasteiger partial charge in [-0.2, -0.15) is 33.7 Å². The molecule has 2 N–H and O–H groups in total. The van der Waals surface area contributed by atoms with Crippen LogP contribution < -0.4 is 0 Å². The predicted octanol–water partition coefficient (Wildman–Crippen LogP) is 5.00. The van der Waals surface area contributed by atoms with Gasteiger partial charge in [-0.05, 0) is 88.1 Å². The molecule has 0 atom stereocenters. The van der Waals surface area contributed by atoms with Crippen molar-refractivity contribution in [2.24, 2.45) is 5.41 Å². The maximum absolute atomic E-state index is 13.5. The van der Waals surface area contributed by atoms with Crippen LogP contribution in [0.4, 0.5) is 0 Å². The maximum atomic E-state index is 13.5. The topological polar surface area (TPSA) is 195 Å². The van der Waals surface area contributed by atoms with E-state index in [1.54, 1.807) is 27.7 Å². The van der Waals surface area contributed by atoms with Crippen LogP contribution in [-0.4, -0.2) is 56.0 Å². The minimum absolute atomic E-state index is 0.0590. The van der Waals surface area contributed by atoms with Gasteiger partial charge >= 0.3 is 0 Å². The van der Waals surface area contributed by atoms with Gasteiger partial charge in [0.1, 0.15) is 0 Å². The Morgan fingerprint density at radius 1 is 0.490 bits per heavy atom. The van der Waals surface area contributed by atoms with Crippen molar-refractivity contribution in [2.45, 2.75) is 60.1 Å². The molecule has 0 aromatic heterocycles. The van der Waals surface area contributed by atoms with E-state index < -0.39 is 81.7 Å². The number of hydrogen-bond donors (Lipinski definition) is 2. The first kappa shape index (κ1) is 38.3. The van der Waals surface area contributed by atoms with Crippen LogP contribution in [0.2, 0.25) is 0 Å². The third-order valence-corrected chi connectivity index (χ3v) is 12.2.